The van der Waals surface area contributed by atoms with E-state index < -0.39 is 5.54 Å². The zero-order valence-corrected chi connectivity index (χ0v) is 7.78. The molecule has 1 saturated heterocycles. The summed E-state index contributed by atoms with van der Waals surface area (Å²) in [6.07, 6.45) is 0.744. The van der Waals surface area contributed by atoms with Gasteiger partial charge < -0.3 is 4.74 Å². The Hall–Kier alpha value is -1.13. The van der Waals surface area contributed by atoms with Crippen molar-refractivity contribution in [2.75, 3.05) is 6.61 Å². The van der Waals surface area contributed by atoms with Crippen LogP contribution in [0.15, 0.2) is 0 Å². The maximum Gasteiger partial charge on any atom is 0.306 e. The number of carbonyl (C=O) groups is 1. The SMILES string of the molecule is CC(C)(C1CCOC(=O)C1)[N+](=O)[O-]. The standard InChI is InChI=1S/C8H13NO4/c1-8(2,9(11)12)6-3-4-13-7(10)5-6/h6H,3-5H2,1-2H3. The lowest BCUT2D eigenvalue weighted by atomic mass is 9.82. The summed E-state index contributed by atoms with van der Waals surface area (Å²) < 4.78 is 4.72. The van der Waals surface area contributed by atoms with Crippen molar-refractivity contribution >= 4 is 5.97 Å². The maximum atomic E-state index is 10.9. The first kappa shape index (κ1) is 9.95. The van der Waals surface area contributed by atoms with Crippen molar-refractivity contribution in [3.63, 3.8) is 0 Å². The van der Waals surface area contributed by atoms with Crippen molar-refractivity contribution in [2.24, 2.45) is 5.92 Å². The van der Waals surface area contributed by atoms with E-state index in [0.29, 0.717) is 13.0 Å². The number of nitrogens with zero attached hydrogens (tertiary/aromatic N) is 1. The van der Waals surface area contributed by atoms with Crippen LogP contribution in [-0.4, -0.2) is 23.0 Å². The van der Waals surface area contributed by atoms with Gasteiger partial charge in [-0.25, -0.2) is 0 Å². The molecule has 0 radical (unpaired) electrons. The number of hydrogen-bond acceptors (Lipinski definition) is 4. The van der Waals surface area contributed by atoms with Gasteiger partial charge in [0.2, 0.25) is 5.54 Å². The van der Waals surface area contributed by atoms with Crippen LogP contribution < -0.4 is 0 Å². The smallest absolute Gasteiger partial charge is 0.306 e. The van der Waals surface area contributed by atoms with Crippen LogP contribution >= 0.6 is 0 Å². The zero-order valence-electron chi connectivity index (χ0n) is 7.78. The number of ether oxygens (including phenoxy) is 1. The predicted octanol–water partition coefficient (Wildman–Crippen LogP) is 0.995. The Morgan fingerprint density at radius 1 is 1.62 bits per heavy atom. The fourth-order valence-corrected chi connectivity index (χ4v) is 1.43. The number of esters is 1. The highest BCUT2D eigenvalue weighted by molar-refractivity contribution is 5.70. The summed E-state index contributed by atoms with van der Waals surface area (Å²) in [5.74, 6) is -0.532. The number of cyclic esters (lactones) is 1. The van der Waals surface area contributed by atoms with E-state index in [0.717, 1.165) is 0 Å². The second-order valence-electron chi connectivity index (χ2n) is 3.82. The number of nitro groups is 1. The largest absolute Gasteiger partial charge is 0.466 e. The van der Waals surface area contributed by atoms with E-state index in [1.54, 1.807) is 13.8 Å². The molecule has 74 valence electrons. The number of rotatable bonds is 2. The molecule has 5 heteroatoms. The van der Waals surface area contributed by atoms with Gasteiger partial charge in [-0.15, -0.1) is 0 Å². The molecule has 0 saturated carbocycles. The molecule has 0 amide bonds. The molecule has 0 aromatic rings. The van der Waals surface area contributed by atoms with E-state index in [4.69, 9.17) is 4.74 Å². The van der Waals surface area contributed by atoms with Crippen LogP contribution in [0.1, 0.15) is 26.7 Å². The van der Waals surface area contributed by atoms with Crippen molar-refractivity contribution in [1.82, 2.24) is 0 Å². The third kappa shape index (κ3) is 1.96. The van der Waals surface area contributed by atoms with Crippen LogP contribution in [0.5, 0.6) is 0 Å². The molecule has 1 aliphatic heterocycles. The molecule has 0 aromatic heterocycles. The van der Waals surface area contributed by atoms with Gasteiger partial charge in [0.1, 0.15) is 0 Å². The van der Waals surface area contributed by atoms with E-state index in [1.165, 1.54) is 0 Å². The molecule has 1 unspecified atom stereocenters. The molecule has 1 aliphatic rings. The quantitative estimate of drug-likeness (QED) is 0.367. The normalized spacial score (nSPS) is 23.8. The second kappa shape index (κ2) is 3.32. The van der Waals surface area contributed by atoms with Gasteiger partial charge in [-0.1, -0.05) is 0 Å². The highest BCUT2D eigenvalue weighted by Crippen LogP contribution is 2.29. The molecule has 1 rings (SSSR count). The van der Waals surface area contributed by atoms with Crippen LogP contribution in [0.3, 0.4) is 0 Å². The first-order valence-corrected chi connectivity index (χ1v) is 4.24. The predicted molar refractivity (Wildman–Crippen MR) is 44.8 cm³/mol. The van der Waals surface area contributed by atoms with Crippen molar-refractivity contribution in [1.29, 1.82) is 0 Å². The molecule has 1 heterocycles. The minimum absolute atomic E-state index is 0.161. The minimum atomic E-state index is -1.03. The monoisotopic (exact) mass is 187 g/mol. The van der Waals surface area contributed by atoms with Gasteiger partial charge in [0.15, 0.2) is 0 Å². The van der Waals surface area contributed by atoms with Gasteiger partial charge in [0.25, 0.3) is 0 Å². The van der Waals surface area contributed by atoms with E-state index in [2.05, 4.69) is 0 Å². The third-order valence-corrected chi connectivity index (χ3v) is 2.61. The van der Waals surface area contributed by atoms with Crippen LogP contribution in [0.4, 0.5) is 0 Å². The summed E-state index contributed by atoms with van der Waals surface area (Å²) in [7, 11) is 0. The molecule has 0 N–H and O–H groups in total. The van der Waals surface area contributed by atoms with Gasteiger partial charge in [0, 0.05) is 24.7 Å². The Kier molecular flexibility index (Phi) is 2.54. The van der Waals surface area contributed by atoms with Crippen molar-refractivity contribution in [2.45, 2.75) is 32.2 Å². The van der Waals surface area contributed by atoms with Crippen LogP contribution in [0.25, 0.3) is 0 Å². The summed E-state index contributed by atoms with van der Waals surface area (Å²) in [5, 5.41) is 10.7. The van der Waals surface area contributed by atoms with Crippen LogP contribution in [0, 0.1) is 16.0 Å². The minimum Gasteiger partial charge on any atom is -0.466 e. The highest BCUT2D eigenvalue weighted by Gasteiger charge is 2.43. The Bertz CT molecular complexity index is 236. The fraction of sp³-hybridized carbons (Fsp3) is 0.875. The average Bonchev–Trinajstić information content (AvgIpc) is 2.04. The first-order chi connectivity index (χ1) is 5.94. The van der Waals surface area contributed by atoms with Crippen molar-refractivity contribution in [3.05, 3.63) is 10.1 Å². The van der Waals surface area contributed by atoms with Gasteiger partial charge in [-0.2, -0.15) is 0 Å². The Balaban J connectivity index is 2.70. The second-order valence-corrected chi connectivity index (χ2v) is 3.82. The summed E-state index contributed by atoms with van der Waals surface area (Å²) in [6.45, 7) is 3.41. The van der Waals surface area contributed by atoms with E-state index in [9.17, 15) is 14.9 Å². The van der Waals surface area contributed by atoms with E-state index in [1.807, 2.05) is 0 Å². The zero-order chi connectivity index (χ0) is 10.1. The van der Waals surface area contributed by atoms with Crippen molar-refractivity contribution < 1.29 is 14.5 Å². The van der Waals surface area contributed by atoms with Crippen LogP contribution in [-0.2, 0) is 9.53 Å². The first-order valence-electron chi connectivity index (χ1n) is 4.24. The Morgan fingerprint density at radius 2 is 2.23 bits per heavy atom. The lowest BCUT2D eigenvalue weighted by molar-refractivity contribution is -0.572. The highest BCUT2D eigenvalue weighted by atomic mass is 16.6. The Labute approximate surface area is 76.2 Å². The molecule has 0 aliphatic carbocycles. The van der Waals surface area contributed by atoms with Gasteiger partial charge in [0.05, 0.1) is 13.0 Å². The molecule has 0 spiro atoms. The van der Waals surface area contributed by atoms with E-state index >= 15 is 0 Å². The molecule has 1 atom stereocenters. The molecular formula is C8H13NO4. The van der Waals surface area contributed by atoms with Crippen molar-refractivity contribution in [3.8, 4) is 0 Å². The topological polar surface area (TPSA) is 69.4 Å². The Morgan fingerprint density at radius 3 is 2.69 bits per heavy atom. The summed E-state index contributed by atoms with van der Waals surface area (Å²) in [5.41, 5.74) is -1.03. The lowest BCUT2D eigenvalue weighted by Gasteiger charge is -2.28. The summed E-state index contributed by atoms with van der Waals surface area (Å²) in [4.78, 5) is 21.3. The third-order valence-electron chi connectivity index (χ3n) is 2.61. The van der Waals surface area contributed by atoms with E-state index in [-0.39, 0.29) is 23.2 Å². The van der Waals surface area contributed by atoms with Crippen LogP contribution in [0.2, 0.25) is 0 Å². The van der Waals surface area contributed by atoms with Gasteiger partial charge in [-0.05, 0) is 6.42 Å². The summed E-state index contributed by atoms with van der Waals surface area (Å²) >= 11 is 0. The summed E-state index contributed by atoms with van der Waals surface area (Å²) in [6, 6.07) is 0. The molecule has 5 nitrogen and oxygen atoms in total. The number of carbonyl (C=O) groups excluding carboxylic acids is 1. The number of hydrogen-bond donors (Lipinski definition) is 0. The molecule has 0 aromatic carbocycles. The fourth-order valence-electron chi connectivity index (χ4n) is 1.43. The van der Waals surface area contributed by atoms with Gasteiger partial charge >= 0.3 is 5.97 Å². The average molecular weight is 187 g/mol. The maximum absolute atomic E-state index is 10.9. The molecule has 13 heavy (non-hydrogen) atoms. The molecule has 0 bridgehead atoms. The lowest BCUT2D eigenvalue weighted by Crippen LogP contribution is -2.43. The molecule has 1 fully saturated rings. The van der Waals surface area contributed by atoms with Gasteiger partial charge in [-0.3, -0.25) is 14.9 Å². The molecular weight excluding hydrogens is 174 g/mol.